The SMILES string of the molecule is Cc1ccc([C@@H](O)[C@H](N)C(C)C)cn1. The number of rotatable bonds is 3. The van der Waals surface area contributed by atoms with Crippen molar-refractivity contribution >= 4 is 0 Å². The standard InChI is InChI=1S/C11H18N2O/c1-7(2)10(12)11(14)9-5-4-8(3)13-6-9/h4-7,10-11,14H,12H2,1-3H3/t10-,11-/m1/s1. The zero-order valence-electron chi connectivity index (χ0n) is 8.94. The summed E-state index contributed by atoms with van der Waals surface area (Å²) in [6.45, 7) is 5.91. The minimum absolute atomic E-state index is 0.237. The fourth-order valence-electron chi connectivity index (χ4n) is 1.24. The summed E-state index contributed by atoms with van der Waals surface area (Å²) in [5.74, 6) is 0.256. The van der Waals surface area contributed by atoms with E-state index in [0.29, 0.717) is 0 Å². The van der Waals surface area contributed by atoms with Gasteiger partial charge in [-0.2, -0.15) is 0 Å². The number of nitrogens with zero attached hydrogens (tertiary/aromatic N) is 1. The lowest BCUT2D eigenvalue weighted by Gasteiger charge is -2.22. The van der Waals surface area contributed by atoms with Gasteiger partial charge in [-0.3, -0.25) is 4.98 Å². The number of nitrogens with two attached hydrogens (primary N) is 1. The second-order valence-corrected chi connectivity index (χ2v) is 4.00. The number of hydrogen-bond donors (Lipinski definition) is 2. The van der Waals surface area contributed by atoms with E-state index in [-0.39, 0.29) is 12.0 Å². The molecular formula is C11H18N2O. The highest BCUT2D eigenvalue weighted by Crippen LogP contribution is 2.19. The summed E-state index contributed by atoms with van der Waals surface area (Å²) in [4.78, 5) is 4.13. The van der Waals surface area contributed by atoms with Crippen molar-refractivity contribution in [3.05, 3.63) is 29.6 Å². The molecule has 0 saturated heterocycles. The Labute approximate surface area is 85.0 Å². The van der Waals surface area contributed by atoms with Gasteiger partial charge in [-0.15, -0.1) is 0 Å². The molecule has 3 heteroatoms. The zero-order valence-corrected chi connectivity index (χ0v) is 8.94. The third kappa shape index (κ3) is 2.53. The molecule has 2 atom stereocenters. The Kier molecular flexibility index (Phi) is 3.61. The van der Waals surface area contributed by atoms with Crippen molar-refractivity contribution in [2.75, 3.05) is 0 Å². The lowest BCUT2D eigenvalue weighted by atomic mass is 9.95. The van der Waals surface area contributed by atoms with Gasteiger partial charge in [0.2, 0.25) is 0 Å². The third-order valence-corrected chi connectivity index (χ3v) is 2.41. The molecule has 0 spiro atoms. The van der Waals surface area contributed by atoms with Crippen LogP contribution in [-0.4, -0.2) is 16.1 Å². The Morgan fingerprint density at radius 2 is 2.00 bits per heavy atom. The van der Waals surface area contributed by atoms with E-state index in [2.05, 4.69) is 4.98 Å². The fraction of sp³-hybridized carbons (Fsp3) is 0.545. The molecule has 0 aromatic carbocycles. The molecule has 1 aromatic rings. The second kappa shape index (κ2) is 4.53. The van der Waals surface area contributed by atoms with Gasteiger partial charge in [-0.05, 0) is 18.9 Å². The van der Waals surface area contributed by atoms with Crippen molar-refractivity contribution < 1.29 is 5.11 Å². The minimum Gasteiger partial charge on any atom is -0.387 e. The molecule has 0 saturated carbocycles. The molecule has 1 heterocycles. The molecule has 1 rings (SSSR count). The molecule has 3 N–H and O–H groups in total. The first-order valence-electron chi connectivity index (χ1n) is 4.88. The molecule has 0 aliphatic carbocycles. The Hall–Kier alpha value is -0.930. The maximum atomic E-state index is 9.89. The number of aromatic nitrogens is 1. The van der Waals surface area contributed by atoms with Crippen molar-refractivity contribution in [1.82, 2.24) is 4.98 Å². The Bertz CT molecular complexity index is 282. The Morgan fingerprint density at radius 3 is 2.43 bits per heavy atom. The van der Waals surface area contributed by atoms with E-state index in [1.807, 2.05) is 32.9 Å². The van der Waals surface area contributed by atoms with E-state index in [0.717, 1.165) is 11.3 Å². The fourth-order valence-corrected chi connectivity index (χ4v) is 1.24. The maximum absolute atomic E-state index is 9.89. The minimum atomic E-state index is -0.622. The number of aliphatic hydroxyl groups excluding tert-OH is 1. The second-order valence-electron chi connectivity index (χ2n) is 4.00. The summed E-state index contributed by atoms with van der Waals surface area (Å²) in [6, 6.07) is 3.51. The van der Waals surface area contributed by atoms with Gasteiger partial charge >= 0.3 is 0 Å². The van der Waals surface area contributed by atoms with Gasteiger partial charge in [-0.1, -0.05) is 19.9 Å². The largest absolute Gasteiger partial charge is 0.387 e. The predicted octanol–water partition coefficient (Wildman–Crippen LogP) is 1.41. The highest BCUT2D eigenvalue weighted by molar-refractivity contribution is 5.17. The van der Waals surface area contributed by atoms with E-state index in [9.17, 15) is 5.11 Å². The number of pyridine rings is 1. The van der Waals surface area contributed by atoms with Crippen LogP contribution in [0.25, 0.3) is 0 Å². The van der Waals surface area contributed by atoms with E-state index < -0.39 is 6.10 Å². The molecule has 3 nitrogen and oxygen atoms in total. The van der Waals surface area contributed by atoms with Gasteiger partial charge in [-0.25, -0.2) is 0 Å². The molecule has 0 amide bonds. The summed E-state index contributed by atoms with van der Waals surface area (Å²) in [5, 5.41) is 9.89. The van der Waals surface area contributed by atoms with Crippen LogP contribution in [0.1, 0.15) is 31.2 Å². The van der Waals surface area contributed by atoms with Gasteiger partial charge in [0.05, 0.1) is 6.10 Å². The van der Waals surface area contributed by atoms with Gasteiger partial charge < -0.3 is 10.8 Å². The summed E-state index contributed by atoms with van der Waals surface area (Å²) in [7, 11) is 0. The predicted molar refractivity (Wildman–Crippen MR) is 56.7 cm³/mol. The van der Waals surface area contributed by atoms with E-state index in [1.54, 1.807) is 6.20 Å². The normalized spacial score (nSPS) is 15.6. The highest BCUT2D eigenvalue weighted by Gasteiger charge is 2.19. The summed E-state index contributed by atoms with van der Waals surface area (Å²) in [5.41, 5.74) is 7.58. The van der Waals surface area contributed by atoms with Crippen LogP contribution in [0.5, 0.6) is 0 Å². The van der Waals surface area contributed by atoms with Crippen molar-refractivity contribution in [3.63, 3.8) is 0 Å². The van der Waals surface area contributed by atoms with E-state index in [1.165, 1.54) is 0 Å². The molecule has 78 valence electrons. The van der Waals surface area contributed by atoms with E-state index in [4.69, 9.17) is 5.73 Å². The summed E-state index contributed by atoms with van der Waals surface area (Å²) < 4.78 is 0. The first-order valence-corrected chi connectivity index (χ1v) is 4.88. The quantitative estimate of drug-likeness (QED) is 0.764. The third-order valence-electron chi connectivity index (χ3n) is 2.41. The van der Waals surface area contributed by atoms with Gasteiger partial charge in [0, 0.05) is 23.5 Å². The van der Waals surface area contributed by atoms with Crippen molar-refractivity contribution in [3.8, 4) is 0 Å². The van der Waals surface area contributed by atoms with Crippen molar-refractivity contribution in [2.24, 2.45) is 11.7 Å². The van der Waals surface area contributed by atoms with Gasteiger partial charge in [0.15, 0.2) is 0 Å². The molecule has 0 unspecified atom stereocenters. The van der Waals surface area contributed by atoms with Crippen LogP contribution in [0.3, 0.4) is 0 Å². The lowest BCUT2D eigenvalue weighted by Crippen LogP contribution is -2.33. The molecule has 0 aliphatic rings. The smallest absolute Gasteiger partial charge is 0.0958 e. The van der Waals surface area contributed by atoms with Crippen LogP contribution >= 0.6 is 0 Å². The van der Waals surface area contributed by atoms with Crippen LogP contribution in [0.15, 0.2) is 18.3 Å². The molecule has 1 aromatic heterocycles. The maximum Gasteiger partial charge on any atom is 0.0958 e. The van der Waals surface area contributed by atoms with Crippen LogP contribution in [0, 0.1) is 12.8 Å². The van der Waals surface area contributed by atoms with Crippen LogP contribution < -0.4 is 5.73 Å². The van der Waals surface area contributed by atoms with Crippen LogP contribution in [0.4, 0.5) is 0 Å². The zero-order chi connectivity index (χ0) is 10.7. The van der Waals surface area contributed by atoms with Crippen LogP contribution in [0.2, 0.25) is 0 Å². The average molecular weight is 194 g/mol. The molecule has 14 heavy (non-hydrogen) atoms. The first-order chi connectivity index (χ1) is 6.52. The topological polar surface area (TPSA) is 59.1 Å². The first kappa shape index (κ1) is 11.1. The average Bonchev–Trinajstić information content (AvgIpc) is 2.16. The molecule has 0 fully saturated rings. The molecule has 0 bridgehead atoms. The molecular weight excluding hydrogens is 176 g/mol. The van der Waals surface area contributed by atoms with Crippen molar-refractivity contribution in [1.29, 1.82) is 0 Å². The van der Waals surface area contributed by atoms with E-state index >= 15 is 0 Å². The van der Waals surface area contributed by atoms with Crippen molar-refractivity contribution in [2.45, 2.75) is 32.9 Å². The highest BCUT2D eigenvalue weighted by atomic mass is 16.3. The summed E-state index contributed by atoms with van der Waals surface area (Å²) >= 11 is 0. The number of hydrogen-bond acceptors (Lipinski definition) is 3. The Morgan fingerprint density at radius 1 is 1.36 bits per heavy atom. The molecule has 0 radical (unpaired) electrons. The Balaban J connectivity index is 2.78. The van der Waals surface area contributed by atoms with Crippen LogP contribution in [-0.2, 0) is 0 Å². The number of aliphatic hydroxyl groups is 1. The van der Waals surface area contributed by atoms with Gasteiger partial charge in [0.25, 0.3) is 0 Å². The van der Waals surface area contributed by atoms with Gasteiger partial charge in [0.1, 0.15) is 0 Å². The summed E-state index contributed by atoms with van der Waals surface area (Å²) in [6.07, 6.45) is 1.06. The molecule has 0 aliphatic heterocycles. The monoisotopic (exact) mass is 194 g/mol. The lowest BCUT2D eigenvalue weighted by molar-refractivity contribution is 0.125. The number of aryl methyl sites for hydroxylation is 1.